The highest BCUT2D eigenvalue weighted by atomic mass is 35.5. The summed E-state index contributed by atoms with van der Waals surface area (Å²) in [6.07, 6.45) is 0.187. The van der Waals surface area contributed by atoms with E-state index in [2.05, 4.69) is 0 Å². The third-order valence-corrected chi connectivity index (χ3v) is 3.82. The summed E-state index contributed by atoms with van der Waals surface area (Å²) in [6, 6.07) is 13.5. The molecule has 1 amide bonds. The summed E-state index contributed by atoms with van der Waals surface area (Å²) >= 11 is 5.86. The Morgan fingerprint density at radius 3 is 2.52 bits per heavy atom. The van der Waals surface area contributed by atoms with Crippen molar-refractivity contribution in [3.63, 3.8) is 0 Å². The van der Waals surface area contributed by atoms with Gasteiger partial charge < -0.3 is 4.90 Å². The Hall–Kier alpha value is -1.87. The third-order valence-electron chi connectivity index (χ3n) is 3.57. The second kappa shape index (κ2) is 6.72. The van der Waals surface area contributed by atoms with Gasteiger partial charge in [-0.3, -0.25) is 4.79 Å². The minimum absolute atomic E-state index is 0.0527. The van der Waals surface area contributed by atoms with Gasteiger partial charge in [-0.1, -0.05) is 35.9 Å². The number of hydrogen-bond acceptors (Lipinski definition) is 1. The molecule has 0 radical (unpaired) electrons. The molecule has 0 aromatic heterocycles. The van der Waals surface area contributed by atoms with E-state index in [-0.39, 0.29) is 24.2 Å². The molecule has 2 rings (SSSR count). The molecule has 2 nitrogen and oxygen atoms in total. The van der Waals surface area contributed by atoms with Crippen molar-refractivity contribution in [1.82, 2.24) is 4.90 Å². The van der Waals surface area contributed by atoms with Gasteiger partial charge in [0.05, 0.1) is 12.5 Å². The van der Waals surface area contributed by atoms with E-state index in [9.17, 15) is 9.18 Å². The van der Waals surface area contributed by atoms with E-state index in [4.69, 9.17) is 11.6 Å². The molecular weight excluding hydrogens is 289 g/mol. The molecule has 0 saturated carbocycles. The highest BCUT2D eigenvalue weighted by Crippen LogP contribution is 2.21. The number of rotatable bonds is 4. The summed E-state index contributed by atoms with van der Waals surface area (Å²) in [5, 5.41) is 0.666. The zero-order valence-corrected chi connectivity index (χ0v) is 12.8. The maximum atomic E-state index is 13.1. The highest BCUT2D eigenvalue weighted by Gasteiger charge is 2.17. The molecule has 0 bridgehead atoms. The van der Waals surface area contributed by atoms with Gasteiger partial charge >= 0.3 is 0 Å². The lowest BCUT2D eigenvalue weighted by atomic mass is 10.1. The fourth-order valence-corrected chi connectivity index (χ4v) is 2.25. The Morgan fingerprint density at radius 2 is 1.90 bits per heavy atom. The number of hydrogen-bond donors (Lipinski definition) is 0. The zero-order valence-electron chi connectivity index (χ0n) is 12.0. The first-order valence-corrected chi connectivity index (χ1v) is 7.10. The van der Waals surface area contributed by atoms with Crippen molar-refractivity contribution in [2.45, 2.75) is 19.4 Å². The number of halogens is 2. The van der Waals surface area contributed by atoms with Crippen LogP contribution < -0.4 is 0 Å². The second-order valence-corrected chi connectivity index (χ2v) is 5.48. The molecule has 0 aliphatic carbocycles. The molecule has 0 N–H and O–H groups in total. The van der Waals surface area contributed by atoms with Crippen molar-refractivity contribution < 1.29 is 9.18 Å². The summed E-state index contributed by atoms with van der Waals surface area (Å²) in [5.74, 6) is -0.378. The van der Waals surface area contributed by atoms with E-state index >= 15 is 0 Å². The van der Waals surface area contributed by atoms with Crippen molar-refractivity contribution >= 4 is 17.5 Å². The smallest absolute Gasteiger partial charge is 0.227 e. The predicted octanol–water partition coefficient (Wildman–Crippen LogP) is 4.24. The monoisotopic (exact) mass is 305 g/mol. The van der Waals surface area contributed by atoms with Crippen LogP contribution in [0.4, 0.5) is 4.39 Å². The predicted molar refractivity (Wildman–Crippen MR) is 82.7 cm³/mol. The summed E-state index contributed by atoms with van der Waals surface area (Å²) < 4.78 is 13.1. The SMILES string of the molecule is CC(c1ccc(Cl)cc1)N(C)C(=O)Cc1cccc(F)c1. The first-order chi connectivity index (χ1) is 9.97. The van der Waals surface area contributed by atoms with Crippen LogP contribution in [0.5, 0.6) is 0 Å². The lowest BCUT2D eigenvalue weighted by molar-refractivity contribution is -0.131. The molecule has 1 unspecified atom stereocenters. The maximum Gasteiger partial charge on any atom is 0.227 e. The van der Waals surface area contributed by atoms with Gasteiger partial charge in [-0.2, -0.15) is 0 Å². The van der Waals surface area contributed by atoms with Gasteiger partial charge in [0, 0.05) is 12.1 Å². The summed E-state index contributed by atoms with van der Waals surface area (Å²) in [5.41, 5.74) is 1.68. The Labute approximate surface area is 129 Å². The second-order valence-electron chi connectivity index (χ2n) is 5.04. The molecule has 4 heteroatoms. The van der Waals surface area contributed by atoms with E-state index in [0.29, 0.717) is 10.6 Å². The average molecular weight is 306 g/mol. The number of nitrogens with zero attached hydrogens (tertiary/aromatic N) is 1. The van der Waals surface area contributed by atoms with Gasteiger partial charge in [-0.05, 0) is 42.3 Å². The standard InChI is InChI=1S/C17H17ClFNO/c1-12(14-6-8-15(18)9-7-14)20(2)17(21)11-13-4-3-5-16(19)10-13/h3-10,12H,11H2,1-2H3. The molecule has 110 valence electrons. The van der Waals surface area contributed by atoms with Crippen LogP contribution in [0.15, 0.2) is 48.5 Å². The van der Waals surface area contributed by atoms with E-state index in [0.717, 1.165) is 5.56 Å². The molecular formula is C17H17ClFNO. The third kappa shape index (κ3) is 4.05. The van der Waals surface area contributed by atoms with Gasteiger partial charge in [0.2, 0.25) is 5.91 Å². The van der Waals surface area contributed by atoms with Crippen LogP contribution in [0.3, 0.4) is 0 Å². The molecule has 21 heavy (non-hydrogen) atoms. The Balaban J connectivity index is 2.06. The average Bonchev–Trinajstić information content (AvgIpc) is 2.46. The van der Waals surface area contributed by atoms with Crippen LogP contribution >= 0.6 is 11.6 Å². The van der Waals surface area contributed by atoms with Crippen LogP contribution in [0.1, 0.15) is 24.1 Å². The number of carbonyl (C=O) groups is 1. The van der Waals surface area contributed by atoms with Crippen molar-refractivity contribution in [3.05, 3.63) is 70.5 Å². The summed E-state index contributed by atoms with van der Waals surface area (Å²) in [6.45, 7) is 1.95. The number of likely N-dealkylation sites (N-methyl/N-ethyl adjacent to an activating group) is 1. The minimum atomic E-state index is -0.325. The van der Waals surface area contributed by atoms with Crippen molar-refractivity contribution in [3.8, 4) is 0 Å². The molecule has 0 spiro atoms. The van der Waals surface area contributed by atoms with Crippen LogP contribution in [0.25, 0.3) is 0 Å². The quantitative estimate of drug-likeness (QED) is 0.827. The number of amides is 1. The molecule has 0 fully saturated rings. The van der Waals surface area contributed by atoms with Gasteiger partial charge in [0.1, 0.15) is 5.82 Å². The lowest BCUT2D eigenvalue weighted by Gasteiger charge is -2.25. The van der Waals surface area contributed by atoms with Crippen LogP contribution in [-0.4, -0.2) is 17.9 Å². The molecule has 0 saturated heterocycles. The summed E-state index contributed by atoms with van der Waals surface area (Å²) in [7, 11) is 1.75. The number of benzene rings is 2. The van der Waals surface area contributed by atoms with Crippen LogP contribution in [-0.2, 0) is 11.2 Å². The fraction of sp³-hybridized carbons (Fsp3) is 0.235. The molecule has 2 aromatic rings. The summed E-state index contributed by atoms with van der Waals surface area (Å²) in [4.78, 5) is 13.9. The van der Waals surface area contributed by atoms with Gasteiger partial charge in [0.15, 0.2) is 0 Å². The van der Waals surface area contributed by atoms with E-state index in [1.807, 2.05) is 19.1 Å². The topological polar surface area (TPSA) is 20.3 Å². The number of carbonyl (C=O) groups excluding carboxylic acids is 1. The molecule has 0 aliphatic rings. The first kappa shape index (κ1) is 15.5. The van der Waals surface area contributed by atoms with Gasteiger partial charge in [-0.25, -0.2) is 4.39 Å². The maximum absolute atomic E-state index is 13.1. The zero-order chi connectivity index (χ0) is 15.4. The molecule has 0 heterocycles. The fourth-order valence-electron chi connectivity index (χ4n) is 2.13. The van der Waals surface area contributed by atoms with Crippen LogP contribution in [0.2, 0.25) is 5.02 Å². The Kier molecular flexibility index (Phi) is 4.97. The molecule has 2 aromatic carbocycles. The largest absolute Gasteiger partial charge is 0.339 e. The van der Waals surface area contributed by atoms with Crippen molar-refractivity contribution in [2.24, 2.45) is 0 Å². The van der Waals surface area contributed by atoms with Crippen LogP contribution in [0, 0.1) is 5.82 Å². The van der Waals surface area contributed by atoms with Gasteiger partial charge in [0.25, 0.3) is 0 Å². The Bertz CT molecular complexity index is 627. The lowest BCUT2D eigenvalue weighted by Crippen LogP contribution is -2.30. The van der Waals surface area contributed by atoms with Crippen molar-refractivity contribution in [2.75, 3.05) is 7.05 Å². The highest BCUT2D eigenvalue weighted by molar-refractivity contribution is 6.30. The molecule has 1 atom stereocenters. The van der Waals surface area contributed by atoms with E-state index in [1.54, 1.807) is 36.2 Å². The normalized spacial score (nSPS) is 12.0. The first-order valence-electron chi connectivity index (χ1n) is 6.73. The van der Waals surface area contributed by atoms with E-state index in [1.165, 1.54) is 12.1 Å². The minimum Gasteiger partial charge on any atom is -0.339 e. The van der Waals surface area contributed by atoms with E-state index < -0.39 is 0 Å². The molecule has 0 aliphatic heterocycles. The van der Waals surface area contributed by atoms with Crippen molar-refractivity contribution in [1.29, 1.82) is 0 Å². The Morgan fingerprint density at radius 1 is 1.24 bits per heavy atom. The van der Waals surface area contributed by atoms with Gasteiger partial charge in [-0.15, -0.1) is 0 Å².